The van der Waals surface area contributed by atoms with Gasteiger partial charge in [0.25, 0.3) is 5.91 Å². The molecular weight excluding hydrogens is 316 g/mol. The van der Waals surface area contributed by atoms with Crippen LogP contribution in [0.3, 0.4) is 0 Å². The maximum Gasteiger partial charge on any atom is 0.254 e. The van der Waals surface area contributed by atoms with Gasteiger partial charge in [0.15, 0.2) is 5.43 Å². The first kappa shape index (κ1) is 15.4. The minimum absolute atomic E-state index is 0.0257. The Morgan fingerprint density at radius 1 is 1.12 bits per heavy atom. The van der Waals surface area contributed by atoms with Crippen molar-refractivity contribution < 1.29 is 9.53 Å². The van der Waals surface area contributed by atoms with Crippen LogP contribution in [0.25, 0.3) is 10.9 Å². The molecule has 0 saturated carbocycles. The van der Waals surface area contributed by atoms with Crippen LogP contribution in [0.5, 0.6) is 5.75 Å². The van der Waals surface area contributed by atoms with E-state index in [9.17, 15) is 9.59 Å². The number of amides is 1. The van der Waals surface area contributed by atoms with E-state index in [0.717, 1.165) is 28.8 Å². The predicted octanol–water partition coefficient (Wildman–Crippen LogP) is 2.74. The Hall–Kier alpha value is -3.08. The summed E-state index contributed by atoms with van der Waals surface area (Å²) in [7, 11) is 1.63. The van der Waals surface area contributed by atoms with Crippen LogP contribution in [-0.4, -0.2) is 29.4 Å². The number of hydrogen-bond donors (Lipinski definition) is 1. The summed E-state index contributed by atoms with van der Waals surface area (Å²) in [4.78, 5) is 29.8. The van der Waals surface area contributed by atoms with Gasteiger partial charge in [-0.1, -0.05) is 12.1 Å². The van der Waals surface area contributed by atoms with Crippen molar-refractivity contribution in [3.8, 4) is 5.75 Å². The summed E-state index contributed by atoms with van der Waals surface area (Å²) < 4.78 is 5.17. The minimum Gasteiger partial charge on any atom is -0.497 e. The highest BCUT2D eigenvalue weighted by Gasteiger charge is 2.25. The maximum absolute atomic E-state index is 12.9. The number of aromatic nitrogens is 1. The number of hydrogen-bond acceptors (Lipinski definition) is 3. The molecule has 4 rings (SSSR count). The summed E-state index contributed by atoms with van der Waals surface area (Å²) in [5.74, 6) is 0.770. The molecule has 1 N–H and O–H groups in total. The molecule has 1 aliphatic rings. The zero-order valence-electron chi connectivity index (χ0n) is 13.9. The number of methoxy groups -OCH3 is 1. The lowest BCUT2D eigenvalue weighted by Gasteiger charge is -2.29. The second kappa shape index (κ2) is 6.09. The minimum atomic E-state index is -0.0726. The quantitative estimate of drug-likeness (QED) is 0.801. The molecule has 3 aromatic rings. The van der Waals surface area contributed by atoms with Crippen LogP contribution in [0.2, 0.25) is 0 Å². The van der Waals surface area contributed by atoms with Gasteiger partial charge in [-0.05, 0) is 41.8 Å². The number of rotatable bonds is 3. The molecule has 0 atom stereocenters. The van der Waals surface area contributed by atoms with Gasteiger partial charge in [0.05, 0.1) is 7.11 Å². The highest BCUT2D eigenvalue weighted by atomic mass is 16.5. The molecule has 0 spiro atoms. The fraction of sp³-hybridized carbons (Fsp3) is 0.200. The van der Waals surface area contributed by atoms with Crippen molar-refractivity contribution in [2.75, 3.05) is 13.7 Å². The van der Waals surface area contributed by atoms with Crippen molar-refractivity contribution in [3.05, 3.63) is 75.6 Å². The molecule has 126 valence electrons. The van der Waals surface area contributed by atoms with Gasteiger partial charge in [-0.3, -0.25) is 9.59 Å². The molecule has 0 saturated heterocycles. The number of nitrogens with zero attached hydrogens (tertiary/aromatic N) is 1. The summed E-state index contributed by atoms with van der Waals surface area (Å²) in [6, 6.07) is 12.9. The molecular formula is C20H18N2O3. The first-order valence-electron chi connectivity index (χ1n) is 8.22. The Labute approximate surface area is 144 Å². The fourth-order valence-electron chi connectivity index (χ4n) is 3.30. The number of nitrogens with one attached hydrogen (secondary N) is 1. The van der Waals surface area contributed by atoms with Crippen molar-refractivity contribution in [3.63, 3.8) is 0 Å². The summed E-state index contributed by atoms with van der Waals surface area (Å²) in [6.07, 6.45) is 2.42. The lowest BCUT2D eigenvalue weighted by molar-refractivity contribution is 0.0727. The van der Waals surface area contributed by atoms with Gasteiger partial charge < -0.3 is 14.6 Å². The van der Waals surface area contributed by atoms with E-state index < -0.39 is 0 Å². The number of benzene rings is 2. The molecule has 25 heavy (non-hydrogen) atoms. The monoisotopic (exact) mass is 334 g/mol. The Morgan fingerprint density at radius 2 is 1.92 bits per heavy atom. The van der Waals surface area contributed by atoms with E-state index >= 15 is 0 Å². The topological polar surface area (TPSA) is 62.4 Å². The second-order valence-corrected chi connectivity index (χ2v) is 6.22. The van der Waals surface area contributed by atoms with E-state index in [1.54, 1.807) is 19.4 Å². The molecule has 1 amide bonds. The smallest absolute Gasteiger partial charge is 0.254 e. The third kappa shape index (κ3) is 2.78. The van der Waals surface area contributed by atoms with E-state index in [-0.39, 0.29) is 11.3 Å². The Bertz CT molecular complexity index is 1010. The average molecular weight is 334 g/mol. The molecule has 5 heteroatoms. The van der Waals surface area contributed by atoms with Gasteiger partial charge >= 0.3 is 0 Å². The molecule has 2 aromatic carbocycles. The first-order chi connectivity index (χ1) is 12.2. The van der Waals surface area contributed by atoms with E-state index in [1.807, 2.05) is 35.2 Å². The van der Waals surface area contributed by atoms with E-state index in [4.69, 9.17) is 4.74 Å². The van der Waals surface area contributed by atoms with Crippen LogP contribution in [-0.2, 0) is 13.0 Å². The van der Waals surface area contributed by atoms with Crippen LogP contribution in [0.15, 0.2) is 53.5 Å². The maximum atomic E-state index is 12.9. The number of aromatic amines is 1. The molecule has 1 aromatic heterocycles. The molecule has 5 nitrogen and oxygen atoms in total. The van der Waals surface area contributed by atoms with Crippen LogP contribution >= 0.6 is 0 Å². The highest BCUT2D eigenvalue weighted by molar-refractivity contribution is 6.00. The molecule has 0 radical (unpaired) electrons. The van der Waals surface area contributed by atoms with Gasteiger partial charge in [-0.25, -0.2) is 0 Å². The van der Waals surface area contributed by atoms with Gasteiger partial charge in [0, 0.05) is 41.8 Å². The largest absolute Gasteiger partial charge is 0.497 e. The summed E-state index contributed by atoms with van der Waals surface area (Å²) in [6.45, 7) is 1.21. The molecule has 0 bridgehead atoms. The summed E-state index contributed by atoms with van der Waals surface area (Å²) in [5.41, 5.74) is 3.38. The van der Waals surface area contributed by atoms with Crippen molar-refractivity contribution in [2.24, 2.45) is 0 Å². The lowest BCUT2D eigenvalue weighted by atomic mass is 9.96. The standard InChI is InChI=1S/C20H18N2O3/c1-25-15-4-2-13(3-5-15)12-22-9-7-14-10-18-17(11-16(14)20(22)24)19(23)6-8-21-18/h2-6,8,10-11H,7,9,12H2,1H3,(H,21,23). The van der Waals surface area contributed by atoms with Crippen molar-refractivity contribution in [1.82, 2.24) is 9.88 Å². The number of carbonyl (C=O) groups excluding carboxylic acids is 1. The molecule has 2 heterocycles. The number of carbonyl (C=O) groups is 1. The SMILES string of the molecule is COc1ccc(CN2CCc3cc4[nH]ccc(=O)c4cc3C2=O)cc1. The van der Waals surface area contributed by atoms with Crippen LogP contribution in [0.4, 0.5) is 0 Å². The molecule has 1 aliphatic heterocycles. The molecule has 0 aliphatic carbocycles. The fourth-order valence-corrected chi connectivity index (χ4v) is 3.30. The summed E-state index contributed by atoms with van der Waals surface area (Å²) >= 11 is 0. The van der Waals surface area contributed by atoms with Crippen molar-refractivity contribution in [1.29, 1.82) is 0 Å². The van der Waals surface area contributed by atoms with E-state index in [2.05, 4.69) is 4.98 Å². The predicted molar refractivity (Wildman–Crippen MR) is 96.0 cm³/mol. The number of pyridine rings is 1. The van der Waals surface area contributed by atoms with Crippen LogP contribution in [0, 0.1) is 0 Å². The van der Waals surface area contributed by atoms with Crippen LogP contribution < -0.4 is 10.2 Å². The Morgan fingerprint density at radius 3 is 2.68 bits per heavy atom. The zero-order valence-corrected chi connectivity index (χ0v) is 13.9. The number of H-pyrrole nitrogens is 1. The number of ether oxygens (including phenoxy) is 1. The van der Waals surface area contributed by atoms with E-state index in [0.29, 0.717) is 24.0 Å². The number of fused-ring (bicyclic) bond motifs is 2. The van der Waals surface area contributed by atoms with Crippen molar-refractivity contribution >= 4 is 16.8 Å². The first-order valence-corrected chi connectivity index (χ1v) is 8.22. The third-order valence-corrected chi connectivity index (χ3v) is 4.68. The second-order valence-electron chi connectivity index (χ2n) is 6.22. The zero-order chi connectivity index (χ0) is 17.4. The van der Waals surface area contributed by atoms with Gasteiger partial charge in [0.2, 0.25) is 0 Å². The lowest BCUT2D eigenvalue weighted by Crippen LogP contribution is -2.37. The van der Waals surface area contributed by atoms with Gasteiger partial charge in [-0.15, -0.1) is 0 Å². The normalized spacial score (nSPS) is 13.8. The Kier molecular flexibility index (Phi) is 3.76. The van der Waals surface area contributed by atoms with Gasteiger partial charge in [0.1, 0.15) is 5.75 Å². The van der Waals surface area contributed by atoms with Crippen molar-refractivity contribution in [2.45, 2.75) is 13.0 Å². The van der Waals surface area contributed by atoms with E-state index in [1.165, 1.54) is 6.07 Å². The summed E-state index contributed by atoms with van der Waals surface area (Å²) in [5, 5.41) is 0.556. The average Bonchev–Trinajstić information content (AvgIpc) is 2.64. The van der Waals surface area contributed by atoms with Gasteiger partial charge in [-0.2, -0.15) is 0 Å². The van der Waals surface area contributed by atoms with Crippen LogP contribution in [0.1, 0.15) is 21.5 Å². The molecule has 0 unspecified atom stereocenters. The Balaban J connectivity index is 1.65. The molecule has 0 fully saturated rings. The highest BCUT2D eigenvalue weighted by Crippen LogP contribution is 2.24. The third-order valence-electron chi connectivity index (χ3n) is 4.68.